The van der Waals surface area contributed by atoms with E-state index in [4.69, 9.17) is 0 Å². The van der Waals surface area contributed by atoms with Crippen molar-refractivity contribution in [1.82, 2.24) is 14.9 Å². The number of aromatic nitrogens is 2. The number of rotatable bonds is 4. The maximum Gasteiger partial charge on any atom is 0.296 e. The zero-order valence-corrected chi connectivity index (χ0v) is 14.9. The molecule has 4 rings (SSSR count). The molecule has 2 aromatic heterocycles. The van der Waals surface area contributed by atoms with Crippen LogP contribution in [-0.4, -0.2) is 31.7 Å². The van der Waals surface area contributed by atoms with Gasteiger partial charge in [0.15, 0.2) is 0 Å². The Hall–Kier alpha value is -3.80. The van der Waals surface area contributed by atoms with Crippen LogP contribution in [0.4, 0.5) is 0 Å². The van der Waals surface area contributed by atoms with Crippen LogP contribution in [-0.2, 0) is 16.1 Å². The highest BCUT2D eigenvalue weighted by molar-refractivity contribution is 6.46. The summed E-state index contributed by atoms with van der Waals surface area (Å²) in [6, 6.07) is 18.6. The van der Waals surface area contributed by atoms with Gasteiger partial charge in [-0.15, -0.1) is 0 Å². The number of likely N-dealkylation sites (tertiary alicyclic amines) is 1. The van der Waals surface area contributed by atoms with Crippen LogP contribution in [0.3, 0.4) is 0 Å². The largest absolute Gasteiger partial charge is 0.507 e. The Kier molecular flexibility index (Phi) is 4.68. The zero-order valence-electron chi connectivity index (χ0n) is 14.9. The number of pyridine rings is 2. The minimum atomic E-state index is -0.789. The van der Waals surface area contributed by atoms with E-state index >= 15 is 0 Å². The zero-order chi connectivity index (χ0) is 19.5. The molecule has 1 unspecified atom stereocenters. The molecule has 1 atom stereocenters. The summed E-state index contributed by atoms with van der Waals surface area (Å²) in [6.07, 6.45) is 3.23. The Morgan fingerprint density at radius 3 is 2.21 bits per heavy atom. The number of ketones is 1. The second-order valence-corrected chi connectivity index (χ2v) is 6.37. The molecule has 1 fully saturated rings. The van der Waals surface area contributed by atoms with Crippen molar-refractivity contribution in [1.29, 1.82) is 0 Å². The highest BCUT2D eigenvalue weighted by Crippen LogP contribution is 2.39. The quantitative estimate of drug-likeness (QED) is 0.433. The second kappa shape index (κ2) is 7.44. The minimum absolute atomic E-state index is 0.0332. The molecule has 138 valence electrons. The van der Waals surface area contributed by atoms with E-state index in [0.717, 1.165) is 0 Å². The highest BCUT2D eigenvalue weighted by Gasteiger charge is 2.46. The second-order valence-electron chi connectivity index (χ2n) is 6.37. The van der Waals surface area contributed by atoms with E-state index in [2.05, 4.69) is 9.97 Å². The number of amides is 1. The van der Waals surface area contributed by atoms with Gasteiger partial charge < -0.3 is 10.0 Å². The summed E-state index contributed by atoms with van der Waals surface area (Å²) in [5, 5.41) is 10.9. The summed E-state index contributed by atoms with van der Waals surface area (Å²) < 4.78 is 0. The molecule has 0 saturated carbocycles. The van der Waals surface area contributed by atoms with Gasteiger partial charge in [-0.3, -0.25) is 19.6 Å². The number of carbonyl (C=O) groups excluding carboxylic acids is 2. The van der Waals surface area contributed by atoms with Gasteiger partial charge >= 0.3 is 0 Å². The van der Waals surface area contributed by atoms with Gasteiger partial charge in [0, 0.05) is 18.0 Å². The van der Waals surface area contributed by atoms with E-state index in [1.807, 2.05) is 12.1 Å². The lowest BCUT2D eigenvalue weighted by Gasteiger charge is -2.24. The summed E-state index contributed by atoms with van der Waals surface area (Å²) in [4.78, 5) is 35.7. The van der Waals surface area contributed by atoms with Crippen LogP contribution in [0.2, 0.25) is 0 Å². The Labute approximate surface area is 161 Å². The monoisotopic (exact) mass is 371 g/mol. The van der Waals surface area contributed by atoms with E-state index in [9.17, 15) is 14.7 Å². The summed E-state index contributed by atoms with van der Waals surface area (Å²) in [7, 11) is 0. The fraction of sp³-hybridized carbons (Fsp3) is 0.0909. The Balaban J connectivity index is 1.85. The van der Waals surface area contributed by atoms with Gasteiger partial charge in [0.2, 0.25) is 0 Å². The molecule has 1 aliphatic rings. The van der Waals surface area contributed by atoms with Crippen molar-refractivity contribution in [3.8, 4) is 0 Å². The van der Waals surface area contributed by atoms with Crippen molar-refractivity contribution >= 4 is 17.4 Å². The number of Topliss-reactive ketones (excluding diaryl/α,β-unsaturated/α-hetero) is 1. The molecule has 1 saturated heterocycles. The first-order valence-electron chi connectivity index (χ1n) is 8.81. The molecule has 1 N–H and O–H groups in total. The molecular formula is C22H17N3O3. The molecule has 0 bridgehead atoms. The first-order chi connectivity index (χ1) is 13.7. The van der Waals surface area contributed by atoms with Crippen LogP contribution in [0.25, 0.3) is 5.76 Å². The third kappa shape index (κ3) is 3.16. The van der Waals surface area contributed by atoms with Gasteiger partial charge in [0.05, 0.1) is 23.5 Å². The van der Waals surface area contributed by atoms with E-state index in [1.165, 1.54) is 4.90 Å². The number of hydrogen-bond acceptors (Lipinski definition) is 5. The van der Waals surface area contributed by atoms with Crippen molar-refractivity contribution < 1.29 is 14.7 Å². The average Bonchev–Trinajstić information content (AvgIpc) is 3.00. The van der Waals surface area contributed by atoms with E-state index < -0.39 is 17.7 Å². The van der Waals surface area contributed by atoms with Crippen molar-refractivity contribution in [3.63, 3.8) is 0 Å². The average molecular weight is 371 g/mol. The third-order valence-electron chi connectivity index (χ3n) is 4.61. The molecule has 1 aromatic carbocycles. The van der Waals surface area contributed by atoms with Crippen molar-refractivity contribution in [2.45, 2.75) is 12.6 Å². The van der Waals surface area contributed by atoms with Crippen LogP contribution in [0.1, 0.15) is 23.0 Å². The lowest BCUT2D eigenvalue weighted by molar-refractivity contribution is -0.140. The molecule has 1 aliphatic heterocycles. The number of carbonyl (C=O) groups is 2. The molecule has 6 nitrogen and oxygen atoms in total. The Bertz CT molecular complexity index is 1030. The number of hydrogen-bond donors (Lipinski definition) is 1. The van der Waals surface area contributed by atoms with Crippen molar-refractivity contribution in [2.24, 2.45) is 0 Å². The van der Waals surface area contributed by atoms with Gasteiger partial charge in [-0.1, -0.05) is 42.5 Å². The first-order valence-corrected chi connectivity index (χ1v) is 8.81. The SMILES string of the molecule is O=C1C(=O)N(Cc2ccccn2)C(c2ccccn2)/C1=C(/O)c1ccccc1. The summed E-state index contributed by atoms with van der Waals surface area (Å²) >= 11 is 0. The smallest absolute Gasteiger partial charge is 0.296 e. The van der Waals surface area contributed by atoms with Crippen LogP contribution in [0.5, 0.6) is 0 Å². The third-order valence-corrected chi connectivity index (χ3v) is 4.61. The van der Waals surface area contributed by atoms with Crippen LogP contribution < -0.4 is 0 Å². The van der Waals surface area contributed by atoms with E-state index in [1.54, 1.807) is 67.0 Å². The molecule has 1 amide bonds. The predicted octanol–water partition coefficient (Wildman–Crippen LogP) is 3.10. The first kappa shape index (κ1) is 17.6. The molecule has 6 heteroatoms. The summed E-state index contributed by atoms with van der Waals surface area (Å²) in [6.45, 7) is 0.137. The standard InChI is InChI=1S/C22H17N3O3/c26-20(15-8-2-1-3-9-15)18-19(17-11-5-7-13-24-17)25(22(28)21(18)27)14-16-10-4-6-12-23-16/h1-13,19,26H,14H2/b20-18-. The maximum absolute atomic E-state index is 12.8. The van der Waals surface area contributed by atoms with E-state index in [-0.39, 0.29) is 17.9 Å². The van der Waals surface area contributed by atoms with Crippen LogP contribution in [0, 0.1) is 0 Å². The molecule has 28 heavy (non-hydrogen) atoms. The summed E-state index contributed by atoms with van der Waals surface area (Å²) in [5.41, 5.74) is 1.66. The van der Waals surface area contributed by atoms with Gasteiger partial charge in [-0.05, 0) is 24.3 Å². The van der Waals surface area contributed by atoms with Gasteiger partial charge in [-0.2, -0.15) is 0 Å². The normalized spacial score (nSPS) is 18.4. The molecule has 0 spiro atoms. The number of benzene rings is 1. The highest BCUT2D eigenvalue weighted by atomic mass is 16.3. The molecule has 0 aliphatic carbocycles. The molecule has 0 radical (unpaired) electrons. The topological polar surface area (TPSA) is 83.4 Å². The van der Waals surface area contributed by atoms with E-state index in [0.29, 0.717) is 17.0 Å². The molecule has 3 aromatic rings. The Morgan fingerprint density at radius 1 is 0.893 bits per heavy atom. The van der Waals surface area contributed by atoms with Gasteiger partial charge in [-0.25, -0.2) is 0 Å². The fourth-order valence-corrected chi connectivity index (χ4v) is 3.31. The molecular weight excluding hydrogens is 354 g/mol. The predicted molar refractivity (Wildman–Crippen MR) is 103 cm³/mol. The Morgan fingerprint density at radius 2 is 1.57 bits per heavy atom. The minimum Gasteiger partial charge on any atom is -0.507 e. The van der Waals surface area contributed by atoms with Crippen molar-refractivity contribution in [2.75, 3.05) is 0 Å². The molecule has 3 heterocycles. The lowest BCUT2D eigenvalue weighted by atomic mass is 9.98. The van der Waals surface area contributed by atoms with Crippen molar-refractivity contribution in [3.05, 3.63) is 102 Å². The fourth-order valence-electron chi connectivity index (χ4n) is 3.31. The number of aliphatic hydroxyl groups is 1. The van der Waals surface area contributed by atoms with Gasteiger partial charge in [0.25, 0.3) is 11.7 Å². The maximum atomic E-state index is 12.8. The van der Waals surface area contributed by atoms with Gasteiger partial charge in [0.1, 0.15) is 11.8 Å². The summed E-state index contributed by atoms with van der Waals surface area (Å²) in [5.74, 6) is -1.62. The number of aliphatic hydroxyl groups excluding tert-OH is 1. The van der Waals surface area contributed by atoms with Crippen LogP contribution in [0.15, 0.2) is 84.7 Å². The number of nitrogens with zero attached hydrogens (tertiary/aromatic N) is 3. The van der Waals surface area contributed by atoms with Crippen LogP contribution >= 0.6 is 0 Å². The lowest BCUT2D eigenvalue weighted by Crippen LogP contribution is -2.29.